The first-order chi connectivity index (χ1) is 8.20. The number of hydrogen-bond donors (Lipinski definition) is 1. The summed E-state index contributed by atoms with van der Waals surface area (Å²) in [5.74, 6) is 0. The minimum Gasteiger partial charge on any atom is -0.384 e. The standard InChI is InChI=1S/C15H15BrO/c1-2-11-3-5-12(6-4-11)15(17)13-7-9-14(16)10-8-13/h3-10,15,17H,2H2,1H3/t15-/m0/s1. The van der Waals surface area contributed by atoms with Crippen LogP contribution in [-0.2, 0) is 6.42 Å². The maximum Gasteiger partial charge on any atom is 0.104 e. The molecule has 0 saturated heterocycles. The summed E-state index contributed by atoms with van der Waals surface area (Å²) < 4.78 is 1.02. The predicted molar refractivity (Wildman–Crippen MR) is 74.0 cm³/mol. The van der Waals surface area contributed by atoms with Crippen LogP contribution >= 0.6 is 15.9 Å². The molecule has 0 aliphatic rings. The summed E-state index contributed by atoms with van der Waals surface area (Å²) in [4.78, 5) is 0. The van der Waals surface area contributed by atoms with Crippen molar-refractivity contribution in [1.29, 1.82) is 0 Å². The summed E-state index contributed by atoms with van der Waals surface area (Å²) in [7, 11) is 0. The highest BCUT2D eigenvalue weighted by molar-refractivity contribution is 9.10. The zero-order chi connectivity index (χ0) is 12.3. The van der Waals surface area contributed by atoms with Gasteiger partial charge in [-0.1, -0.05) is 59.3 Å². The Balaban J connectivity index is 2.23. The van der Waals surface area contributed by atoms with E-state index in [9.17, 15) is 5.11 Å². The molecule has 0 aromatic heterocycles. The molecule has 2 rings (SSSR count). The molecule has 17 heavy (non-hydrogen) atoms. The lowest BCUT2D eigenvalue weighted by molar-refractivity contribution is 0.220. The van der Waals surface area contributed by atoms with Crippen LogP contribution in [0, 0.1) is 0 Å². The number of aliphatic hydroxyl groups excluding tert-OH is 1. The summed E-state index contributed by atoms with van der Waals surface area (Å²) in [5, 5.41) is 10.2. The summed E-state index contributed by atoms with van der Waals surface area (Å²) >= 11 is 3.39. The van der Waals surface area contributed by atoms with E-state index in [2.05, 4.69) is 35.0 Å². The Bertz CT molecular complexity index is 473. The highest BCUT2D eigenvalue weighted by atomic mass is 79.9. The van der Waals surface area contributed by atoms with Crippen molar-refractivity contribution in [3.8, 4) is 0 Å². The Labute approximate surface area is 110 Å². The minimum absolute atomic E-state index is 0.547. The van der Waals surface area contributed by atoms with Crippen molar-refractivity contribution < 1.29 is 5.11 Å². The first-order valence-electron chi connectivity index (χ1n) is 5.73. The maximum absolute atomic E-state index is 10.2. The molecule has 0 aliphatic heterocycles. The average molecular weight is 291 g/mol. The zero-order valence-electron chi connectivity index (χ0n) is 9.73. The molecule has 0 saturated carbocycles. The molecule has 0 unspecified atom stereocenters. The molecule has 0 bridgehead atoms. The molecular formula is C15H15BrO. The van der Waals surface area contributed by atoms with Crippen molar-refractivity contribution in [2.24, 2.45) is 0 Å². The molecule has 88 valence electrons. The molecule has 0 aliphatic carbocycles. The largest absolute Gasteiger partial charge is 0.384 e. The lowest BCUT2D eigenvalue weighted by Crippen LogP contribution is -1.99. The van der Waals surface area contributed by atoms with E-state index in [0.29, 0.717) is 0 Å². The van der Waals surface area contributed by atoms with E-state index in [1.165, 1.54) is 5.56 Å². The van der Waals surface area contributed by atoms with Gasteiger partial charge in [0.25, 0.3) is 0 Å². The first kappa shape index (κ1) is 12.3. The van der Waals surface area contributed by atoms with Gasteiger partial charge in [-0.05, 0) is 35.2 Å². The number of halogens is 1. The van der Waals surface area contributed by atoms with Gasteiger partial charge in [0.2, 0.25) is 0 Å². The summed E-state index contributed by atoms with van der Waals surface area (Å²) in [6.07, 6.45) is 0.475. The third-order valence-electron chi connectivity index (χ3n) is 2.89. The van der Waals surface area contributed by atoms with E-state index in [4.69, 9.17) is 0 Å². The zero-order valence-corrected chi connectivity index (χ0v) is 11.3. The Morgan fingerprint density at radius 3 is 1.88 bits per heavy atom. The van der Waals surface area contributed by atoms with Crippen LogP contribution in [0.3, 0.4) is 0 Å². The highest BCUT2D eigenvalue weighted by Crippen LogP contribution is 2.23. The van der Waals surface area contributed by atoms with E-state index < -0.39 is 6.10 Å². The van der Waals surface area contributed by atoms with Gasteiger partial charge in [-0.2, -0.15) is 0 Å². The van der Waals surface area contributed by atoms with Gasteiger partial charge in [0.15, 0.2) is 0 Å². The van der Waals surface area contributed by atoms with Crippen molar-refractivity contribution >= 4 is 15.9 Å². The molecule has 0 heterocycles. The molecule has 1 nitrogen and oxygen atoms in total. The van der Waals surface area contributed by atoms with Gasteiger partial charge in [-0.3, -0.25) is 0 Å². The van der Waals surface area contributed by atoms with Crippen LogP contribution < -0.4 is 0 Å². The van der Waals surface area contributed by atoms with Gasteiger partial charge in [0, 0.05) is 4.47 Å². The van der Waals surface area contributed by atoms with Crippen LogP contribution in [0.1, 0.15) is 29.7 Å². The molecule has 0 spiro atoms. The molecule has 1 N–H and O–H groups in total. The van der Waals surface area contributed by atoms with Gasteiger partial charge in [0.05, 0.1) is 0 Å². The van der Waals surface area contributed by atoms with Gasteiger partial charge < -0.3 is 5.11 Å². The Kier molecular flexibility index (Phi) is 3.97. The lowest BCUT2D eigenvalue weighted by atomic mass is 10.00. The van der Waals surface area contributed by atoms with E-state index in [1.807, 2.05) is 36.4 Å². The first-order valence-corrected chi connectivity index (χ1v) is 6.52. The fraction of sp³-hybridized carbons (Fsp3) is 0.200. The van der Waals surface area contributed by atoms with Crippen molar-refractivity contribution in [2.45, 2.75) is 19.4 Å². The molecule has 0 radical (unpaired) electrons. The van der Waals surface area contributed by atoms with Crippen molar-refractivity contribution in [3.63, 3.8) is 0 Å². The molecular weight excluding hydrogens is 276 g/mol. The van der Waals surface area contributed by atoms with Crippen LogP contribution in [0.4, 0.5) is 0 Å². The number of aryl methyl sites for hydroxylation is 1. The van der Waals surface area contributed by atoms with Crippen LogP contribution in [-0.4, -0.2) is 5.11 Å². The third-order valence-corrected chi connectivity index (χ3v) is 3.42. The minimum atomic E-state index is -0.547. The highest BCUT2D eigenvalue weighted by Gasteiger charge is 2.09. The number of aliphatic hydroxyl groups is 1. The summed E-state index contributed by atoms with van der Waals surface area (Å²) in [6, 6.07) is 15.9. The van der Waals surface area contributed by atoms with Gasteiger partial charge in [-0.15, -0.1) is 0 Å². The topological polar surface area (TPSA) is 20.2 Å². The van der Waals surface area contributed by atoms with Crippen molar-refractivity contribution in [2.75, 3.05) is 0 Å². The maximum atomic E-state index is 10.2. The molecule has 2 aromatic carbocycles. The number of rotatable bonds is 3. The van der Waals surface area contributed by atoms with E-state index in [1.54, 1.807) is 0 Å². The lowest BCUT2D eigenvalue weighted by Gasteiger charge is -2.12. The average Bonchev–Trinajstić information content (AvgIpc) is 2.39. The Morgan fingerprint density at radius 1 is 0.941 bits per heavy atom. The van der Waals surface area contributed by atoms with Gasteiger partial charge in [-0.25, -0.2) is 0 Å². The summed E-state index contributed by atoms with van der Waals surface area (Å²) in [5.41, 5.74) is 3.14. The number of hydrogen-bond acceptors (Lipinski definition) is 1. The second kappa shape index (κ2) is 5.48. The Morgan fingerprint density at radius 2 is 1.41 bits per heavy atom. The van der Waals surface area contributed by atoms with E-state index in [-0.39, 0.29) is 0 Å². The van der Waals surface area contributed by atoms with Crippen LogP contribution in [0.5, 0.6) is 0 Å². The molecule has 2 heteroatoms. The van der Waals surface area contributed by atoms with Crippen molar-refractivity contribution in [1.82, 2.24) is 0 Å². The van der Waals surface area contributed by atoms with Crippen LogP contribution in [0.2, 0.25) is 0 Å². The second-order valence-electron chi connectivity index (χ2n) is 4.05. The Hall–Kier alpha value is -1.12. The SMILES string of the molecule is CCc1ccc([C@H](O)c2ccc(Br)cc2)cc1. The van der Waals surface area contributed by atoms with Gasteiger partial charge >= 0.3 is 0 Å². The van der Waals surface area contributed by atoms with Crippen LogP contribution in [0.15, 0.2) is 53.0 Å². The second-order valence-corrected chi connectivity index (χ2v) is 4.96. The van der Waals surface area contributed by atoms with E-state index in [0.717, 1.165) is 22.0 Å². The molecule has 0 fully saturated rings. The summed E-state index contributed by atoms with van der Waals surface area (Å²) in [6.45, 7) is 2.13. The molecule has 1 atom stereocenters. The fourth-order valence-electron chi connectivity index (χ4n) is 1.77. The smallest absolute Gasteiger partial charge is 0.104 e. The number of benzene rings is 2. The predicted octanol–water partition coefficient (Wildman–Crippen LogP) is 4.09. The van der Waals surface area contributed by atoms with E-state index >= 15 is 0 Å². The van der Waals surface area contributed by atoms with Gasteiger partial charge in [0.1, 0.15) is 6.10 Å². The quantitative estimate of drug-likeness (QED) is 0.903. The monoisotopic (exact) mass is 290 g/mol. The normalized spacial score (nSPS) is 12.4. The fourth-order valence-corrected chi connectivity index (χ4v) is 2.04. The third kappa shape index (κ3) is 2.96. The van der Waals surface area contributed by atoms with Crippen LogP contribution in [0.25, 0.3) is 0 Å². The molecule has 0 amide bonds. The van der Waals surface area contributed by atoms with Crippen molar-refractivity contribution in [3.05, 3.63) is 69.7 Å². The molecule has 2 aromatic rings.